The number of alkyl halides is 3. The molecular formula is C23H23F3N4O3. The van der Waals surface area contributed by atoms with Gasteiger partial charge in [0, 0.05) is 12.1 Å². The van der Waals surface area contributed by atoms with Crippen LogP contribution in [0.25, 0.3) is 0 Å². The van der Waals surface area contributed by atoms with E-state index in [-0.39, 0.29) is 17.8 Å². The highest BCUT2D eigenvalue weighted by atomic mass is 19.4. The number of rotatable bonds is 5. The molecule has 2 aromatic carbocycles. The monoisotopic (exact) mass is 460 g/mol. The maximum Gasteiger partial charge on any atom is 0.410 e. The van der Waals surface area contributed by atoms with Gasteiger partial charge in [0.05, 0.1) is 25.5 Å². The molecule has 1 aliphatic rings. The number of nitrogens with one attached hydrogen (secondary N) is 2. The van der Waals surface area contributed by atoms with Gasteiger partial charge in [0.25, 0.3) is 5.91 Å². The molecule has 1 amide bonds. The highest BCUT2D eigenvalue weighted by Gasteiger charge is 2.47. The molecular weight excluding hydrogens is 437 g/mol. The number of amides is 1. The third-order valence-electron chi connectivity index (χ3n) is 5.61. The van der Waals surface area contributed by atoms with Crippen molar-refractivity contribution in [3.8, 4) is 5.75 Å². The van der Waals surface area contributed by atoms with Gasteiger partial charge in [0.15, 0.2) is 6.04 Å². The maximum absolute atomic E-state index is 13.9. The van der Waals surface area contributed by atoms with Crippen LogP contribution < -0.4 is 15.4 Å². The second kappa shape index (κ2) is 8.78. The summed E-state index contributed by atoms with van der Waals surface area (Å²) in [5.41, 5.74) is 1.59. The lowest BCUT2D eigenvalue weighted by Crippen LogP contribution is -2.36. The number of halogens is 3. The zero-order valence-corrected chi connectivity index (χ0v) is 17.9. The molecule has 3 unspecified atom stereocenters. The number of methoxy groups -OCH3 is 1. The van der Waals surface area contributed by atoms with Gasteiger partial charge in [0.2, 0.25) is 0 Å². The second-order valence-electron chi connectivity index (χ2n) is 7.87. The molecule has 4 rings (SSSR count). The molecule has 7 nitrogen and oxygen atoms in total. The van der Waals surface area contributed by atoms with Gasteiger partial charge in [-0.25, -0.2) is 4.68 Å². The van der Waals surface area contributed by atoms with E-state index < -0.39 is 30.3 Å². The quantitative estimate of drug-likeness (QED) is 0.506. The first kappa shape index (κ1) is 22.7. The van der Waals surface area contributed by atoms with E-state index in [0.717, 1.165) is 10.9 Å². The van der Waals surface area contributed by atoms with Crippen LogP contribution in [-0.2, 0) is 0 Å². The van der Waals surface area contributed by atoms with Gasteiger partial charge >= 0.3 is 6.18 Å². The largest absolute Gasteiger partial charge is 0.497 e. The number of ether oxygens (including phenoxy) is 1. The molecule has 0 aliphatic carbocycles. The zero-order valence-electron chi connectivity index (χ0n) is 17.9. The molecule has 1 aromatic heterocycles. The number of anilines is 2. The smallest absolute Gasteiger partial charge is 0.410 e. The first-order valence-corrected chi connectivity index (χ1v) is 10.3. The summed E-state index contributed by atoms with van der Waals surface area (Å²) < 4.78 is 47.7. The minimum absolute atomic E-state index is 0.0134. The van der Waals surface area contributed by atoms with Crippen molar-refractivity contribution in [2.75, 3.05) is 17.7 Å². The zero-order chi connectivity index (χ0) is 23.8. The average Bonchev–Trinajstić information content (AvgIpc) is 3.22. The summed E-state index contributed by atoms with van der Waals surface area (Å²) >= 11 is 0. The molecule has 0 fully saturated rings. The number of aliphatic hydroxyl groups is 1. The Labute approximate surface area is 188 Å². The van der Waals surface area contributed by atoms with Crippen LogP contribution in [0.5, 0.6) is 5.75 Å². The fourth-order valence-electron chi connectivity index (χ4n) is 3.88. The maximum atomic E-state index is 13.9. The number of carbonyl (C=O) groups is 1. The Morgan fingerprint density at radius 3 is 2.73 bits per heavy atom. The fraction of sp³-hybridized carbons (Fsp3) is 0.304. The van der Waals surface area contributed by atoms with E-state index in [9.17, 15) is 23.1 Å². The summed E-state index contributed by atoms with van der Waals surface area (Å²) in [6.07, 6.45) is -4.45. The molecule has 3 aromatic rings. The van der Waals surface area contributed by atoms with E-state index in [4.69, 9.17) is 4.74 Å². The van der Waals surface area contributed by atoms with E-state index in [1.807, 2.05) is 0 Å². The van der Waals surface area contributed by atoms with Gasteiger partial charge in [-0.15, -0.1) is 0 Å². The van der Waals surface area contributed by atoms with Crippen molar-refractivity contribution in [3.05, 3.63) is 71.4 Å². The Morgan fingerprint density at radius 1 is 1.27 bits per heavy atom. The van der Waals surface area contributed by atoms with Crippen molar-refractivity contribution >= 4 is 17.4 Å². The number of hydrogen-bond donors (Lipinski definition) is 3. The number of fused-ring (bicyclic) bond motifs is 1. The van der Waals surface area contributed by atoms with Crippen molar-refractivity contribution in [1.29, 1.82) is 0 Å². The molecule has 174 valence electrons. The van der Waals surface area contributed by atoms with Crippen molar-refractivity contribution < 1.29 is 27.8 Å². The van der Waals surface area contributed by atoms with E-state index in [1.54, 1.807) is 55.5 Å². The highest BCUT2D eigenvalue weighted by Crippen LogP contribution is 2.44. The Kier molecular flexibility index (Phi) is 6.03. The Bertz CT molecular complexity index is 1160. The standard InChI is InChI=1S/C23H23F3N4O3/c1-13(31)14-5-3-7-16(9-14)28-22(32)18-12-27-30-20(23(24,25)26)11-19(29-21(18)30)15-6-4-8-17(10-15)33-2/h3-10,12-13,19-20,29,31H,11H2,1-2H3,(H,28,32). The van der Waals surface area contributed by atoms with E-state index in [1.165, 1.54) is 7.11 Å². The third-order valence-corrected chi connectivity index (χ3v) is 5.61. The molecule has 33 heavy (non-hydrogen) atoms. The fourth-order valence-corrected chi connectivity index (χ4v) is 3.88. The lowest BCUT2D eigenvalue weighted by molar-refractivity contribution is -0.173. The number of carbonyl (C=O) groups excluding carboxylic acids is 1. The molecule has 3 N–H and O–H groups in total. The van der Waals surface area contributed by atoms with E-state index in [0.29, 0.717) is 22.6 Å². The third kappa shape index (κ3) is 4.65. The summed E-state index contributed by atoms with van der Waals surface area (Å²) in [4.78, 5) is 13.0. The van der Waals surface area contributed by atoms with Crippen LogP contribution in [0.3, 0.4) is 0 Å². The Hall–Kier alpha value is -3.53. The van der Waals surface area contributed by atoms with Crippen LogP contribution in [0, 0.1) is 0 Å². The molecule has 0 spiro atoms. The molecule has 0 bridgehead atoms. The van der Waals surface area contributed by atoms with Gasteiger partial charge < -0.3 is 20.5 Å². The normalized spacial score (nSPS) is 18.7. The summed E-state index contributed by atoms with van der Waals surface area (Å²) in [6, 6.07) is 10.8. The van der Waals surface area contributed by atoms with Crippen molar-refractivity contribution in [3.63, 3.8) is 0 Å². The van der Waals surface area contributed by atoms with Gasteiger partial charge in [-0.2, -0.15) is 18.3 Å². The molecule has 3 atom stereocenters. The van der Waals surface area contributed by atoms with Crippen LogP contribution in [0.15, 0.2) is 54.7 Å². The minimum Gasteiger partial charge on any atom is -0.497 e. The summed E-state index contributed by atoms with van der Waals surface area (Å²) in [5.74, 6) is -0.104. The average molecular weight is 460 g/mol. The highest BCUT2D eigenvalue weighted by molar-refractivity contribution is 6.07. The van der Waals surface area contributed by atoms with Crippen molar-refractivity contribution in [2.45, 2.75) is 37.7 Å². The van der Waals surface area contributed by atoms with E-state index >= 15 is 0 Å². The minimum atomic E-state index is -4.56. The summed E-state index contributed by atoms with van der Waals surface area (Å²) in [6.45, 7) is 1.59. The van der Waals surface area contributed by atoms with Gasteiger partial charge in [-0.05, 0) is 42.3 Å². The van der Waals surface area contributed by atoms with Crippen LogP contribution in [0.4, 0.5) is 24.7 Å². The van der Waals surface area contributed by atoms with Crippen molar-refractivity contribution in [1.82, 2.24) is 9.78 Å². The summed E-state index contributed by atoms with van der Waals surface area (Å²) in [5, 5.41) is 19.4. The van der Waals surface area contributed by atoms with Gasteiger partial charge in [0.1, 0.15) is 17.1 Å². The molecule has 0 saturated heterocycles. The Balaban J connectivity index is 1.67. The number of benzene rings is 2. The Morgan fingerprint density at radius 2 is 2.03 bits per heavy atom. The predicted molar refractivity (Wildman–Crippen MR) is 116 cm³/mol. The number of hydrogen-bond acceptors (Lipinski definition) is 5. The first-order chi connectivity index (χ1) is 15.7. The predicted octanol–water partition coefficient (Wildman–Crippen LogP) is 4.86. The van der Waals surface area contributed by atoms with Crippen LogP contribution in [0.1, 0.15) is 53.0 Å². The van der Waals surface area contributed by atoms with Crippen molar-refractivity contribution in [2.24, 2.45) is 0 Å². The first-order valence-electron chi connectivity index (χ1n) is 10.3. The number of aliphatic hydroxyl groups excluding tert-OH is 1. The van der Waals surface area contributed by atoms with Gasteiger partial charge in [-0.1, -0.05) is 24.3 Å². The number of aromatic nitrogens is 2. The van der Waals surface area contributed by atoms with Crippen LogP contribution in [-0.4, -0.2) is 34.1 Å². The molecule has 2 heterocycles. The molecule has 10 heteroatoms. The molecule has 0 saturated carbocycles. The molecule has 1 aliphatic heterocycles. The SMILES string of the molecule is COc1cccc(C2CC(C(F)(F)F)n3ncc(C(=O)Nc4cccc(C(C)O)c4)c3N2)c1. The lowest BCUT2D eigenvalue weighted by atomic mass is 9.96. The topological polar surface area (TPSA) is 88.4 Å². The molecule has 0 radical (unpaired) electrons. The number of nitrogens with zero attached hydrogens (tertiary/aromatic N) is 2. The van der Waals surface area contributed by atoms with Crippen LogP contribution in [0.2, 0.25) is 0 Å². The van der Waals surface area contributed by atoms with Gasteiger partial charge in [-0.3, -0.25) is 4.79 Å². The second-order valence-corrected chi connectivity index (χ2v) is 7.87. The van der Waals surface area contributed by atoms with Crippen LogP contribution >= 0.6 is 0 Å². The lowest BCUT2D eigenvalue weighted by Gasteiger charge is -2.34. The van der Waals surface area contributed by atoms with E-state index in [2.05, 4.69) is 15.7 Å². The summed E-state index contributed by atoms with van der Waals surface area (Å²) in [7, 11) is 1.48.